The van der Waals surface area contributed by atoms with E-state index in [2.05, 4.69) is 161 Å². The Morgan fingerprint density at radius 2 is 1.17 bits per heavy atom. The van der Waals surface area contributed by atoms with Gasteiger partial charge in [-0.3, -0.25) is 4.99 Å². The quantitative estimate of drug-likeness (QED) is 0.130. The first-order valence-electron chi connectivity index (χ1n) is 15.4. The molecule has 7 aromatic carbocycles. The number of hydrogen-bond acceptors (Lipinski definition) is 3. The van der Waals surface area contributed by atoms with Crippen molar-refractivity contribution in [3.63, 3.8) is 0 Å². The number of hydrogen-bond donors (Lipinski definition) is 0. The van der Waals surface area contributed by atoms with Crippen molar-refractivity contribution < 1.29 is 4.74 Å². The summed E-state index contributed by atoms with van der Waals surface area (Å²) in [5.41, 5.74) is 8.63. The van der Waals surface area contributed by atoms with Crippen LogP contribution in [0.1, 0.15) is 0 Å². The minimum Gasteiger partial charge on any atom is -0.470 e. The monoisotopic (exact) mass is 593 g/mol. The molecule has 0 spiro atoms. The van der Waals surface area contributed by atoms with Gasteiger partial charge < -0.3 is 14.2 Å². The van der Waals surface area contributed by atoms with Gasteiger partial charge in [-0.2, -0.15) is 0 Å². The average Bonchev–Trinajstić information content (AvgIpc) is 3.46. The van der Waals surface area contributed by atoms with Crippen LogP contribution in [0.4, 0.5) is 17.1 Å². The summed E-state index contributed by atoms with van der Waals surface area (Å²) in [6, 6.07) is 57.2. The third-order valence-corrected chi connectivity index (χ3v) is 8.64. The highest BCUT2D eigenvalue weighted by Gasteiger charge is 2.17. The zero-order valence-corrected chi connectivity index (χ0v) is 25.3. The topological polar surface area (TPSA) is 29.8 Å². The van der Waals surface area contributed by atoms with E-state index < -0.39 is 0 Å². The molecule has 0 aliphatic rings. The summed E-state index contributed by atoms with van der Waals surface area (Å²) >= 11 is 0. The number of rotatable bonds is 8. The molecule has 0 saturated carbocycles. The highest BCUT2D eigenvalue weighted by atomic mass is 16.5. The Morgan fingerprint density at radius 3 is 1.96 bits per heavy atom. The molecule has 0 fully saturated rings. The summed E-state index contributed by atoms with van der Waals surface area (Å²) in [4.78, 5) is 6.59. The molecular weight excluding hydrogens is 562 g/mol. The van der Waals surface area contributed by atoms with E-state index in [9.17, 15) is 0 Å². The average molecular weight is 594 g/mol. The highest BCUT2D eigenvalue weighted by molar-refractivity contribution is 6.10. The molecule has 220 valence electrons. The zero-order chi connectivity index (χ0) is 30.9. The van der Waals surface area contributed by atoms with E-state index >= 15 is 0 Å². The van der Waals surface area contributed by atoms with Crippen molar-refractivity contribution in [3.05, 3.63) is 164 Å². The van der Waals surface area contributed by atoms with Gasteiger partial charge in [-0.1, -0.05) is 109 Å². The zero-order valence-electron chi connectivity index (χ0n) is 25.3. The molecule has 0 radical (unpaired) electrons. The third kappa shape index (κ3) is 4.86. The minimum absolute atomic E-state index is 0.286. The van der Waals surface area contributed by atoms with Crippen molar-refractivity contribution in [2.45, 2.75) is 0 Å². The second-order valence-corrected chi connectivity index (χ2v) is 11.3. The van der Waals surface area contributed by atoms with Gasteiger partial charge in [-0.05, 0) is 77.8 Å². The fourth-order valence-corrected chi connectivity index (χ4v) is 6.40. The molecule has 0 atom stereocenters. The molecule has 0 saturated heterocycles. The largest absolute Gasteiger partial charge is 0.470 e. The molecule has 0 unspecified atom stereocenters. The molecule has 1 aromatic heterocycles. The number of ether oxygens (including phenoxy) is 1. The summed E-state index contributed by atoms with van der Waals surface area (Å²) in [6.07, 6.45) is 0. The molecule has 0 amide bonds. The lowest BCUT2D eigenvalue weighted by Crippen LogP contribution is -2.23. The number of fused-ring (bicyclic) bond motifs is 4. The summed E-state index contributed by atoms with van der Waals surface area (Å²) in [6.45, 7) is 4.15. The number of benzene rings is 7. The molecule has 0 N–H and O–H groups in total. The van der Waals surface area contributed by atoms with Gasteiger partial charge in [-0.15, -0.1) is 0 Å². The van der Waals surface area contributed by atoms with Crippen molar-refractivity contribution >= 4 is 56.4 Å². The molecule has 8 rings (SSSR count). The van der Waals surface area contributed by atoms with Gasteiger partial charge >= 0.3 is 0 Å². The lowest BCUT2D eigenvalue weighted by atomic mass is 10.1. The standard InChI is InChI=1S/C42H31N3O/c1-43-42-36-17-9-8-14-32(36)22-27-41(42)46-29-44(33-23-20-31(21-24-33)30-12-4-2-5-13-30)35-25-26-40-38(28-35)37-18-10-11-19-39(37)45(40)34-15-6-3-7-16-34/h2-28H,1,29H2. The van der Waals surface area contributed by atoms with Crippen LogP contribution in [0.15, 0.2) is 169 Å². The van der Waals surface area contributed by atoms with Crippen molar-refractivity contribution in [1.29, 1.82) is 0 Å². The second-order valence-electron chi connectivity index (χ2n) is 11.3. The first-order chi connectivity index (χ1) is 22.8. The Balaban J connectivity index is 1.24. The maximum absolute atomic E-state index is 6.58. The summed E-state index contributed by atoms with van der Waals surface area (Å²) in [5, 5.41) is 4.51. The van der Waals surface area contributed by atoms with Crippen LogP contribution < -0.4 is 9.64 Å². The van der Waals surface area contributed by atoms with Crippen LogP contribution in [0.5, 0.6) is 5.75 Å². The van der Waals surface area contributed by atoms with Crippen molar-refractivity contribution in [3.8, 4) is 22.6 Å². The fraction of sp³-hybridized carbons (Fsp3) is 0.0238. The van der Waals surface area contributed by atoms with Gasteiger partial charge in [0, 0.05) is 33.2 Å². The molecule has 1 heterocycles. The molecule has 4 heteroatoms. The Bertz CT molecular complexity index is 2320. The minimum atomic E-state index is 0.286. The van der Waals surface area contributed by atoms with E-state index in [0.717, 1.165) is 39.0 Å². The highest BCUT2D eigenvalue weighted by Crippen LogP contribution is 2.39. The van der Waals surface area contributed by atoms with Crippen molar-refractivity contribution in [1.82, 2.24) is 4.57 Å². The van der Waals surface area contributed by atoms with Gasteiger partial charge in [0.2, 0.25) is 0 Å². The maximum atomic E-state index is 6.58. The van der Waals surface area contributed by atoms with Gasteiger partial charge in [-0.25, -0.2) is 0 Å². The fourth-order valence-electron chi connectivity index (χ4n) is 6.40. The summed E-state index contributed by atoms with van der Waals surface area (Å²) in [7, 11) is 0. The van der Waals surface area contributed by atoms with Crippen LogP contribution in [-0.2, 0) is 0 Å². The summed E-state index contributed by atoms with van der Waals surface area (Å²) < 4.78 is 8.92. The van der Waals surface area contributed by atoms with Crippen LogP contribution in [0, 0.1) is 0 Å². The molecule has 0 bridgehead atoms. The van der Waals surface area contributed by atoms with E-state index in [-0.39, 0.29) is 6.73 Å². The van der Waals surface area contributed by atoms with Gasteiger partial charge in [0.1, 0.15) is 11.4 Å². The van der Waals surface area contributed by atoms with Crippen LogP contribution in [0.3, 0.4) is 0 Å². The lowest BCUT2D eigenvalue weighted by Gasteiger charge is -2.26. The molecular formula is C42H31N3O. The Hall–Kier alpha value is -6.13. The molecule has 0 aliphatic carbocycles. The van der Waals surface area contributed by atoms with E-state index in [1.165, 1.54) is 27.4 Å². The van der Waals surface area contributed by atoms with E-state index in [4.69, 9.17) is 4.74 Å². The summed E-state index contributed by atoms with van der Waals surface area (Å²) in [5.74, 6) is 0.696. The van der Waals surface area contributed by atoms with Gasteiger partial charge in [0.05, 0.1) is 11.0 Å². The van der Waals surface area contributed by atoms with Crippen LogP contribution in [-0.4, -0.2) is 18.0 Å². The Morgan fingerprint density at radius 1 is 0.543 bits per heavy atom. The Kier molecular flexibility index (Phi) is 7.01. The number of aromatic nitrogens is 1. The maximum Gasteiger partial charge on any atom is 0.165 e. The third-order valence-electron chi connectivity index (χ3n) is 8.64. The Labute approximate surface area is 268 Å². The van der Waals surface area contributed by atoms with Crippen molar-refractivity contribution in [2.75, 3.05) is 11.6 Å². The number of nitrogens with zero attached hydrogens (tertiary/aromatic N) is 3. The van der Waals surface area contributed by atoms with Crippen LogP contribution in [0.2, 0.25) is 0 Å². The number of aliphatic imine (C=N–C) groups is 1. The number of para-hydroxylation sites is 2. The van der Waals surface area contributed by atoms with E-state index in [0.29, 0.717) is 5.75 Å². The SMILES string of the molecule is C=Nc1c(OCN(c2ccc(-c3ccccc3)cc2)c2ccc3c(c2)c2ccccc2n3-c2ccccc2)ccc2ccccc12. The van der Waals surface area contributed by atoms with Crippen LogP contribution in [0.25, 0.3) is 49.4 Å². The number of anilines is 2. The first-order valence-corrected chi connectivity index (χ1v) is 15.4. The molecule has 46 heavy (non-hydrogen) atoms. The van der Waals surface area contributed by atoms with Crippen molar-refractivity contribution in [2.24, 2.45) is 4.99 Å². The van der Waals surface area contributed by atoms with Gasteiger partial charge in [0.15, 0.2) is 6.73 Å². The molecule has 4 nitrogen and oxygen atoms in total. The lowest BCUT2D eigenvalue weighted by molar-refractivity contribution is 0.328. The second kappa shape index (κ2) is 11.8. The van der Waals surface area contributed by atoms with Gasteiger partial charge in [0.25, 0.3) is 0 Å². The van der Waals surface area contributed by atoms with Crippen LogP contribution >= 0.6 is 0 Å². The molecule has 8 aromatic rings. The van der Waals surface area contributed by atoms with E-state index in [1.807, 2.05) is 24.3 Å². The molecule has 0 aliphatic heterocycles. The predicted octanol–water partition coefficient (Wildman–Crippen LogP) is 11.1. The normalized spacial score (nSPS) is 11.2. The predicted molar refractivity (Wildman–Crippen MR) is 193 cm³/mol. The van der Waals surface area contributed by atoms with E-state index in [1.54, 1.807) is 0 Å². The first kappa shape index (κ1) is 27.4. The smallest absolute Gasteiger partial charge is 0.165 e.